The molecule has 0 aromatic carbocycles. The Labute approximate surface area is 106 Å². The number of nitrogens with zero attached hydrogens (tertiary/aromatic N) is 3. The fraction of sp³-hybridized carbons (Fsp3) is 0.538. The summed E-state index contributed by atoms with van der Waals surface area (Å²) in [6.45, 7) is 1.42. The molecule has 1 aliphatic heterocycles. The Kier molecular flexibility index (Phi) is 3.91. The van der Waals surface area contributed by atoms with Crippen molar-refractivity contribution in [1.29, 1.82) is 0 Å². The lowest BCUT2D eigenvalue weighted by molar-refractivity contribution is 0.0656. The predicted octanol–water partition coefficient (Wildman–Crippen LogP) is 1.39. The second-order valence-corrected chi connectivity index (χ2v) is 4.83. The summed E-state index contributed by atoms with van der Waals surface area (Å²) in [5.74, 6) is -0.782. The van der Waals surface area contributed by atoms with Crippen molar-refractivity contribution in [3.8, 4) is 0 Å². The molecule has 1 fully saturated rings. The minimum absolute atomic E-state index is 0.174. The molecule has 1 aromatic rings. The summed E-state index contributed by atoms with van der Waals surface area (Å²) in [7, 11) is 4.10. The van der Waals surface area contributed by atoms with Crippen LogP contribution in [0.25, 0.3) is 0 Å². The van der Waals surface area contributed by atoms with Crippen molar-refractivity contribution in [2.24, 2.45) is 0 Å². The number of halogens is 1. The molecule has 4 nitrogen and oxygen atoms in total. The standard InChI is InChI=1S/C13H18FN3O/c1-16(2)10-6-8-17(9-7-10)13(18)11-4-3-5-12(14)15-11/h3-5,10H,6-9H2,1-2H3. The molecule has 1 saturated heterocycles. The zero-order valence-electron chi connectivity index (χ0n) is 10.8. The maximum Gasteiger partial charge on any atom is 0.272 e. The predicted molar refractivity (Wildman–Crippen MR) is 66.8 cm³/mol. The Hall–Kier alpha value is -1.49. The monoisotopic (exact) mass is 251 g/mol. The first-order valence-electron chi connectivity index (χ1n) is 6.16. The van der Waals surface area contributed by atoms with Gasteiger partial charge in [-0.15, -0.1) is 0 Å². The van der Waals surface area contributed by atoms with E-state index in [1.54, 1.807) is 11.0 Å². The van der Waals surface area contributed by atoms with Gasteiger partial charge in [-0.2, -0.15) is 4.39 Å². The number of rotatable bonds is 2. The van der Waals surface area contributed by atoms with E-state index < -0.39 is 5.95 Å². The van der Waals surface area contributed by atoms with Crippen LogP contribution in [0.2, 0.25) is 0 Å². The van der Waals surface area contributed by atoms with Gasteiger partial charge in [0, 0.05) is 19.1 Å². The van der Waals surface area contributed by atoms with Crippen molar-refractivity contribution < 1.29 is 9.18 Å². The summed E-state index contributed by atoms with van der Waals surface area (Å²) < 4.78 is 13.0. The third-order valence-corrected chi connectivity index (χ3v) is 3.42. The van der Waals surface area contributed by atoms with Crippen molar-refractivity contribution in [3.05, 3.63) is 29.8 Å². The van der Waals surface area contributed by atoms with Crippen molar-refractivity contribution >= 4 is 5.91 Å². The highest BCUT2D eigenvalue weighted by molar-refractivity contribution is 5.92. The molecule has 0 aliphatic carbocycles. The summed E-state index contributed by atoms with van der Waals surface area (Å²) in [6, 6.07) is 4.84. The molecule has 2 rings (SSSR count). The molecule has 1 aromatic heterocycles. The first-order valence-corrected chi connectivity index (χ1v) is 6.16. The zero-order chi connectivity index (χ0) is 13.1. The molecular weight excluding hydrogens is 233 g/mol. The lowest BCUT2D eigenvalue weighted by Gasteiger charge is -2.35. The van der Waals surface area contributed by atoms with Crippen LogP contribution in [-0.4, -0.2) is 53.9 Å². The quantitative estimate of drug-likeness (QED) is 0.745. The summed E-state index contributed by atoms with van der Waals surface area (Å²) in [5, 5.41) is 0. The van der Waals surface area contributed by atoms with Gasteiger partial charge in [0.2, 0.25) is 5.95 Å². The molecule has 0 spiro atoms. The van der Waals surface area contributed by atoms with Crippen LogP contribution >= 0.6 is 0 Å². The van der Waals surface area contributed by atoms with Crippen LogP contribution in [0.15, 0.2) is 18.2 Å². The van der Waals surface area contributed by atoms with Crippen LogP contribution in [0.3, 0.4) is 0 Å². The average Bonchev–Trinajstić information content (AvgIpc) is 2.38. The molecule has 98 valence electrons. The fourth-order valence-corrected chi connectivity index (χ4v) is 2.27. The molecule has 18 heavy (non-hydrogen) atoms. The Morgan fingerprint density at radius 2 is 2.06 bits per heavy atom. The van der Waals surface area contributed by atoms with E-state index in [0.29, 0.717) is 19.1 Å². The van der Waals surface area contributed by atoms with Crippen LogP contribution < -0.4 is 0 Å². The highest BCUT2D eigenvalue weighted by Gasteiger charge is 2.25. The molecule has 0 saturated carbocycles. The van der Waals surface area contributed by atoms with Gasteiger partial charge < -0.3 is 9.80 Å². The van der Waals surface area contributed by atoms with Crippen molar-refractivity contribution in [3.63, 3.8) is 0 Å². The first kappa shape index (κ1) is 13.0. The molecule has 1 amide bonds. The van der Waals surface area contributed by atoms with Crippen LogP contribution in [0.4, 0.5) is 4.39 Å². The van der Waals surface area contributed by atoms with Gasteiger partial charge >= 0.3 is 0 Å². The third kappa shape index (κ3) is 2.85. The molecule has 0 unspecified atom stereocenters. The maximum atomic E-state index is 13.0. The average molecular weight is 251 g/mol. The normalized spacial score (nSPS) is 17.2. The van der Waals surface area contributed by atoms with E-state index in [0.717, 1.165) is 12.8 Å². The van der Waals surface area contributed by atoms with Crippen LogP contribution in [0.5, 0.6) is 0 Å². The summed E-state index contributed by atoms with van der Waals surface area (Å²) in [5.41, 5.74) is 0.193. The lowest BCUT2D eigenvalue weighted by Crippen LogP contribution is -2.44. The summed E-state index contributed by atoms with van der Waals surface area (Å²) in [4.78, 5) is 19.7. The Balaban J connectivity index is 1.99. The molecular formula is C13H18FN3O. The Morgan fingerprint density at radius 1 is 1.39 bits per heavy atom. The smallest absolute Gasteiger partial charge is 0.272 e. The molecule has 0 atom stereocenters. The largest absolute Gasteiger partial charge is 0.337 e. The molecule has 5 heteroatoms. The minimum Gasteiger partial charge on any atom is -0.337 e. The van der Waals surface area contributed by atoms with E-state index in [1.807, 2.05) is 0 Å². The number of aromatic nitrogens is 1. The summed E-state index contributed by atoms with van der Waals surface area (Å²) in [6.07, 6.45) is 1.90. The topological polar surface area (TPSA) is 36.4 Å². The number of hydrogen-bond acceptors (Lipinski definition) is 3. The number of piperidine rings is 1. The Morgan fingerprint density at radius 3 is 2.61 bits per heavy atom. The third-order valence-electron chi connectivity index (χ3n) is 3.42. The first-order chi connectivity index (χ1) is 8.58. The molecule has 0 bridgehead atoms. The molecule has 2 heterocycles. The number of hydrogen-bond donors (Lipinski definition) is 0. The van der Waals surface area contributed by atoms with Gasteiger partial charge in [0.1, 0.15) is 5.69 Å². The van der Waals surface area contributed by atoms with Gasteiger partial charge in [0.25, 0.3) is 5.91 Å². The molecule has 1 aliphatic rings. The van der Waals surface area contributed by atoms with Gasteiger partial charge in [0.05, 0.1) is 0 Å². The van der Waals surface area contributed by atoms with E-state index in [1.165, 1.54) is 12.1 Å². The van der Waals surface area contributed by atoms with E-state index >= 15 is 0 Å². The fourth-order valence-electron chi connectivity index (χ4n) is 2.27. The highest BCUT2D eigenvalue weighted by Crippen LogP contribution is 2.16. The van der Waals surface area contributed by atoms with Crippen molar-refractivity contribution in [1.82, 2.24) is 14.8 Å². The van der Waals surface area contributed by atoms with E-state index in [-0.39, 0.29) is 11.6 Å². The van der Waals surface area contributed by atoms with E-state index in [9.17, 15) is 9.18 Å². The van der Waals surface area contributed by atoms with Crippen LogP contribution in [0, 0.1) is 5.95 Å². The zero-order valence-corrected chi connectivity index (χ0v) is 10.8. The number of amides is 1. The Bertz CT molecular complexity index is 428. The van der Waals surface area contributed by atoms with Gasteiger partial charge in [-0.05, 0) is 39.1 Å². The van der Waals surface area contributed by atoms with Gasteiger partial charge in [-0.25, -0.2) is 4.98 Å². The number of pyridine rings is 1. The van der Waals surface area contributed by atoms with Gasteiger partial charge in [-0.1, -0.05) is 6.07 Å². The van der Waals surface area contributed by atoms with Crippen molar-refractivity contribution in [2.45, 2.75) is 18.9 Å². The van der Waals surface area contributed by atoms with Gasteiger partial charge in [0.15, 0.2) is 0 Å². The van der Waals surface area contributed by atoms with Crippen LogP contribution in [0.1, 0.15) is 23.3 Å². The summed E-state index contributed by atoms with van der Waals surface area (Å²) >= 11 is 0. The second kappa shape index (κ2) is 5.44. The second-order valence-electron chi connectivity index (χ2n) is 4.83. The number of carbonyl (C=O) groups excluding carboxylic acids is 1. The number of carbonyl (C=O) groups is 1. The number of likely N-dealkylation sites (tertiary alicyclic amines) is 1. The SMILES string of the molecule is CN(C)C1CCN(C(=O)c2cccc(F)n2)CC1. The highest BCUT2D eigenvalue weighted by atomic mass is 19.1. The van der Waals surface area contributed by atoms with Gasteiger partial charge in [-0.3, -0.25) is 4.79 Å². The van der Waals surface area contributed by atoms with Crippen molar-refractivity contribution in [2.75, 3.05) is 27.2 Å². The molecule has 0 radical (unpaired) electrons. The molecule has 0 N–H and O–H groups in total. The maximum absolute atomic E-state index is 13.0. The van der Waals surface area contributed by atoms with E-state index in [2.05, 4.69) is 24.0 Å². The minimum atomic E-state index is -0.607. The lowest BCUT2D eigenvalue weighted by atomic mass is 10.0. The van der Waals surface area contributed by atoms with E-state index in [4.69, 9.17) is 0 Å². The van der Waals surface area contributed by atoms with Crippen LogP contribution in [-0.2, 0) is 0 Å².